The number of carbonyl (C=O) groups is 1. The van der Waals surface area contributed by atoms with Crippen LogP contribution in [0, 0.1) is 0 Å². The summed E-state index contributed by atoms with van der Waals surface area (Å²) in [5, 5.41) is 2.89. The minimum absolute atomic E-state index is 0.164. The lowest BCUT2D eigenvalue weighted by Crippen LogP contribution is -2.43. The fourth-order valence-corrected chi connectivity index (χ4v) is 5.01. The molecule has 0 bridgehead atoms. The van der Waals surface area contributed by atoms with Crippen molar-refractivity contribution in [2.45, 2.75) is 23.8 Å². The molecule has 3 heterocycles. The molecule has 0 saturated carbocycles. The van der Waals surface area contributed by atoms with Crippen LogP contribution in [0.5, 0.6) is 11.5 Å². The Bertz CT molecular complexity index is 1110. The highest BCUT2D eigenvalue weighted by Crippen LogP contribution is 2.35. The number of benzene rings is 2. The van der Waals surface area contributed by atoms with Gasteiger partial charge in [0.1, 0.15) is 10.9 Å². The van der Waals surface area contributed by atoms with Gasteiger partial charge in [-0.15, -0.1) is 4.40 Å². The number of sulfonamides is 1. The summed E-state index contributed by atoms with van der Waals surface area (Å²) < 4.78 is 39.3. The molecule has 0 radical (unpaired) electrons. The van der Waals surface area contributed by atoms with Gasteiger partial charge in [0.15, 0.2) is 17.3 Å². The van der Waals surface area contributed by atoms with Crippen molar-refractivity contribution in [2.24, 2.45) is 4.40 Å². The van der Waals surface area contributed by atoms with E-state index < -0.39 is 16.1 Å². The van der Waals surface area contributed by atoms with Crippen LogP contribution >= 0.6 is 0 Å². The molecule has 1 atom stereocenters. The zero-order valence-corrected chi connectivity index (χ0v) is 15.6. The molecular formula is C19H17N3O5S. The van der Waals surface area contributed by atoms with E-state index in [-0.39, 0.29) is 17.6 Å². The number of hydrogen-bond acceptors (Lipinski definition) is 6. The highest BCUT2D eigenvalue weighted by molar-refractivity contribution is 7.90. The minimum atomic E-state index is -3.72. The molecule has 0 aromatic heterocycles. The topological polar surface area (TPSA) is 97.3 Å². The molecule has 1 unspecified atom stereocenters. The van der Waals surface area contributed by atoms with E-state index in [4.69, 9.17) is 9.47 Å². The third kappa shape index (κ3) is 2.70. The summed E-state index contributed by atoms with van der Waals surface area (Å²) >= 11 is 0. The molecular weight excluding hydrogens is 382 g/mol. The second-order valence-corrected chi connectivity index (χ2v) is 8.37. The molecule has 1 N–H and O–H groups in total. The molecule has 2 aromatic rings. The number of anilines is 1. The van der Waals surface area contributed by atoms with Crippen molar-refractivity contribution in [2.75, 3.05) is 18.7 Å². The highest BCUT2D eigenvalue weighted by atomic mass is 32.2. The molecule has 8 nitrogen and oxygen atoms in total. The lowest BCUT2D eigenvalue weighted by molar-refractivity contribution is -0.119. The number of nitrogens with zero attached hydrogens (tertiary/aromatic N) is 2. The third-order valence-electron chi connectivity index (χ3n) is 5.08. The van der Waals surface area contributed by atoms with Gasteiger partial charge in [-0.25, -0.2) is 0 Å². The Balaban J connectivity index is 1.41. The van der Waals surface area contributed by atoms with E-state index in [1.54, 1.807) is 47.4 Å². The van der Waals surface area contributed by atoms with Crippen LogP contribution in [0.1, 0.15) is 18.4 Å². The van der Waals surface area contributed by atoms with E-state index in [9.17, 15) is 13.2 Å². The first-order valence-electron chi connectivity index (χ1n) is 8.94. The summed E-state index contributed by atoms with van der Waals surface area (Å²) in [4.78, 5) is 14.9. The number of likely N-dealkylation sites (tertiary alicyclic amines) is 1. The van der Waals surface area contributed by atoms with Crippen molar-refractivity contribution in [1.82, 2.24) is 4.90 Å². The van der Waals surface area contributed by atoms with Crippen molar-refractivity contribution in [3.63, 3.8) is 0 Å². The molecule has 2 aromatic carbocycles. The Hall–Kier alpha value is -3.07. The first-order chi connectivity index (χ1) is 13.5. The van der Waals surface area contributed by atoms with Gasteiger partial charge >= 0.3 is 0 Å². The van der Waals surface area contributed by atoms with Crippen molar-refractivity contribution < 1.29 is 22.7 Å². The van der Waals surface area contributed by atoms with Crippen molar-refractivity contribution in [3.05, 3.63) is 48.0 Å². The van der Waals surface area contributed by atoms with Crippen LogP contribution in [0.4, 0.5) is 5.69 Å². The predicted molar refractivity (Wildman–Crippen MR) is 101 cm³/mol. The van der Waals surface area contributed by atoms with Gasteiger partial charge in [-0.2, -0.15) is 8.42 Å². The summed E-state index contributed by atoms with van der Waals surface area (Å²) in [6.45, 7) is 0.735. The summed E-state index contributed by atoms with van der Waals surface area (Å²) in [6.07, 6.45) is 1.40. The molecule has 1 amide bonds. The van der Waals surface area contributed by atoms with Gasteiger partial charge in [0.25, 0.3) is 10.0 Å². The zero-order valence-electron chi connectivity index (χ0n) is 14.8. The van der Waals surface area contributed by atoms with E-state index in [0.29, 0.717) is 41.6 Å². The number of fused-ring (bicyclic) bond motifs is 2. The molecule has 1 saturated heterocycles. The SMILES string of the molecule is O=C(Nc1ccc2c(c1)OCO2)C1CCCN1C1=NS(=O)(=O)c2ccccc21. The normalized spacial score (nSPS) is 21.4. The van der Waals surface area contributed by atoms with Crippen LogP contribution in [0.15, 0.2) is 51.8 Å². The zero-order chi connectivity index (χ0) is 19.3. The second kappa shape index (κ2) is 6.23. The Kier molecular flexibility index (Phi) is 3.80. The summed E-state index contributed by atoms with van der Waals surface area (Å²) in [5.74, 6) is 1.36. The van der Waals surface area contributed by atoms with Crippen molar-refractivity contribution in [3.8, 4) is 11.5 Å². The number of rotatable bonds is 2. The molecule has 0 spiro atoms. The maximum atomic E-state index is 12.9. The number of hydrogen-bond donors (Lipinski definition) is 1. The Labute approximate surface area is 161 Å². The number of carbonyl (C=O) groups excluding carboxylic acids is 1. The molecule has 1 fully saturated rings. The molecule has 3 aliphatic heterocycles. The van der Waals surface area contributed by atoms with Crippen LogP contribution < -0.4 is 14.8 Å². The van der Waals surface area contributed by atoms with E-state index in [0.717, 1.165) is 6.42 Å². The van der Waals surface area contributed by atoms with E-state index >= 15 is 0 Å². The van der Waals surface area contributed by atoms with Gasteiger partial charge in [-0.1, -0.05) is 12.1 Å². The average Bonchev–Trinajstić information content (AvgIpc) is 3.39. The molecule has 9 heteroatoms. The fraction of sp³-hybridized carbons (Fsp3) is 0.263. The standard InChI is InChI=1S/C19H17N3O5S/c23-19(20-12-7-8-15-16(10-12)27-11-26-15)14-5-3-9-22(14)18-13-4-1-2-6-17(13)28(24,25)21-18/h1-2,4,6-8,10,14H,3,5,9,11H2,(H,20,23). The highest BCUT2D eigenvalue weighted by Gasteiger charge is 2.39. The molecule has 5 rings (SSSR count). The maximum Gasteiger partial charge on any atom is 0.285 e. The maximum absolute atomic E-state index is 12.9. The fourth-order valence-electron chi connectivity index (χ4n) is 3.79. The number of amidine groups is 1. The average molecular weight is 399 g/mol. The summed E-state index contributed by atoms with van der Waals surface area (Å²) in [7, 11) is -3.72. The van der Waals surface area contributed by atoms with Gasteiger partial charge in [-0.05, 0) is 37.1 Å². The number of nitrogens with one attached hydrogen (secondary N) is 1. The number of ether oxygens (including phenoxy) is 2. The van der Waals surface area contributed by atoms with Crippen molar-refractivity contribution >= 4 is 27.5 Å². The molecule has 144 valence electrons. The first-order valence-corrected chi connectivity index (χ1v) is 10.4. The number of amides is 1. The molecule has 28 heavy (non-hydrogen) atoms. The van der Waals surface area contributed by atoms with Crippen LogP contribution in [0.3, 0.4) is 0 Å². The van der Waals surface area contributed by atoms with Crippen LogP contribution in [-0.2, 0) is 14.8 Å². The second-order valence-electron chi connectivity index (χ2n) is 6.79. The monoisotopic (exact) mass is 399 g/mol. The molecule has 3 aliphatic rings. The van der Waals surface area contributed by atoms with E-state index in [1.807, 2.05) is 0 Å². The van der Waals surface area contributed by atoms with Gasteiger partial charge < -0.3 is 19.7 Å². The largest absolute Gasteiger partial charge is 0.454 e. The van der Waals surface area contributed by atoms with Crippen LogP contribution in [-0.4, -0.2) is 44.4 Å². The quantitative estimate of drug-likeness (QED) is 0.829. The van der Waals surface area contributed by atoms with Gasteiger partial charge in [0, 0.05) is 23.9 Å². The third-order valence-corrected chi connectivity index (χ3v) is 6.41. The summed E-state index contributed by atoms with van der Waals surface area (Å²) in [6, 6.07) is 11.4. The Morgan fingerprint density at radius 3 is 2.86 bits per heavy atom. The van der Waals surface area contributed by atoms with Gasteiger partial charge in [0.05, 0.1) is 0 Å². The first kappa shape index (κ1) is 17.1. The van der Waals surface area contributed by atoms with Gasteiger partial charge in [-0.3, -0.25) is 4.79 Å². The lowest BCUT2D eigenvalue weighted by Gasteiger charge is -2.25. The lowest BCUT2D eigenvalue weighted by atomic mass is 10.1. The van der Waals surface area contributed by atoms with Crippen LogP contribution in [0.25, 0.3) is 0 Å². The van der Waals surface area contributed by atoms with Crippen LogP contribution in [0.2, 0.25) is 0 Å². The molecule has 0 aliphatic carbocycles. The Morgan fingerprint density at radius 2 is 1.96 bits per heavy atom. The summed E-state index contributed by atoms with van der Waals surface area (Å²) in [5.41, 5.74) is 1.15. The van der Waals surface area contributed by atoms with Gasteiger partial charge in [0.2, 0.25) is 12.7 Å². The van der Waals surface area contributed by atoms with Crippen molar-refractivity contribution in [1.29, 1.82) is 0 Å². The van der Waals surface area contributed by atoms with E-state index in [1.165, 1.54) is 0 Å². The smallest absolute Gasteiger partial charge is 0.285 e. The Morgan fingerprint density at radius 1 is 1.14 bits per heavy atom. The minimum Gasteiger partial charge on any atom is -0.454 e. The predicted octanol–water partition coefficient (Wildman–Crippen LogP) is 1.97. The van der Waals surface area contributed by atoms with E-state index in [2.05, 4.69) is 9.71 Å².